The highest BCUT2D eigenvalue weighted by Gasteiger charge is 2.48. The van der Waals surface area contributed by atoms with E-state index >= 15 is 0 Å². The van der Waals surface area contributed by atoms with Gasteiger partial charge in [0.05, 0.1) is 16.7 Å². The van der Waals surface area contributed by atoms with Gasteiger partial charge in [0.25, 0.3) is 5.91 Å². The largest absolute Gasteiger partial charge is 0.509 e. The van der Waals surface area contributed by atoms with Crippen LogP contribution in [0.15, 0.2) is 17.9 Å². The number of carbonyl (C=O) groups is 1. The highest BCUT2D eigenvalue weighted by atomic mass is 35.5. The van der Waals surface area contributed by atoms with Crippen molar-refractivity contribution < 1.29 is 15.0 Å². The fraction of sp³-hybridized carbons (Fsp3) is 0.438. The molecule has 1 heterocycles. The van der Waals surface area contributed by atoms with E-state index in [1.165, 1.54) is 0 Å². The third kappa shape index (κ3) is 2.39. The first-order valence-corrected chi connectivity index (χ1v) is 8.00. The van der Waals surface area contributed by atoms with E-state index in [0.29, 0.717) is 34.9 Å². The standard InChI is InChI=1S/C16H17Cl2NO3/c1-8-5-9(17)6-11(18)12(8)13-14(21)16(19-15(13)22)4-2-3-10(20)7-16/h5-6,10,20-21H,2-4,7H2,1H3,(H,19,22). The van der Waals surface area contributed by atoms with Crippen LogP contribution < -0.4 is 5.32 Å². The molecule has 6 heteroatoms. The number of nitrogens with one attached hydrogen (secondary N) is 1. The minimum atomic E-state index is -0.876. The van der Waals surface area contributed by atoms with E-state index in [2.05, 4.69) is 5.32 Å². The van der Waals surface area contributed by atoms with Crippen LogP contribution in [0.25, 0.3) is 5.57 Å². The third-order valence-electron chi connectivity index (χ3n) is 4.50. The molecular weight excluding hydrogens is 325 g/mol. The van der Waals surface area contributed by atoms with Gasteiger partial charge in [0.15, 0.2) is 0 Å². The Bertz CT molecular complexity index is 663. The SMILES string of the molecule is Cc1cc(Cl)cc(Cl)c1C1=C(O)C2(CCCC(O)C2)NC1=O. The van der Waals surface area contributed by atoms with E-state index in [9.17, 15) is 15.0 Å². The van der Waals surface area contributed by atoms with Gasteiger partial charge in [-0.05, 0) is 43.9 Å². The molecule has 0 bridgehead atoms. The van der Waals surface area contributed by atoms with Crippen LogP contribution in [-0.4, -0.2) is 27.8 Å². The van der Waals surface area contributed by atoms with Crippen molar-refractivity contribution in [2.75, 3.05) is 0 Å². The minimum absolute atomic E-state index is 0.0245. The van der Waals surface area contributed by atoms with Crippen LogP contribution in [0.2, 0.25) is 10.0 Å². The number of aryl methyl sites for hydroxylation is 1. The zero-order chi connectivity index (χ0) is 16.1. The molecule has 1 aliphatic heterocycles. The average Bonchev–Trinajstić information content (AvgIpc) is 2.62. The van der Waals surface area contributed by atoms with Gasteiger partial charge in [0, 0.05) is 17.0 Å². The molecule has 1 aromatic rings. The number of aliphatic hydroxyl groups is 2. The molecule has 1 fully saturated rings. The first-order valence-electron chi connectivity index (χ1n) is 7.24. The Hall–Kier alpha value is -1.23. The fourth-order valence-electron chi connectivity index (χ4n) is 3.51. The van der Waals surface area contributed by atoms with Crippen molar-refractivity contribution in [3.8, 4) is 0 Å². The highest BCUT2D eigenvalue weighted by molar-refractivity contribution is 6.38. The summed E-state index contributed by atoms with van der Waals surface area (Å²) in [6.07, 6.45) is 1.82. The smallest absolute Gasteiger partial charge is 0.256 e. The number of amides is 1. The molecule has 1 aliphatic carbocycles. The van der Waals surface area contributed by atoms with Crippen molar-refractivity contribution in [1.82, 2.24) is 5.32 Å². The first kappa shape index (κ1) is 15.7. The van der Waals surface area contributed by atoms with E-state index in [0.717, 1.165) is 12.0 Å². The second kappa shape index (κ2) is 5.44. The van der Waals surface area contributed by atoms with Gasteiger partial charge in [-0.1, -0.05) is 23.2 Å². The molecule has 2 aliphatic rings. The monoisotopic (exact) mass is 341 g/mol. The molecule has 0 aromatic heterocycles. The summed E-state index contributed by atoms with van der Waals surface area (Å²) in [6, 6.07) is 3.26. The Balaban J connectivity index is 2.14. The quantitative estimate of drug-likeness (QED) is 0.733. The van der Waals surface area contributed by atoms with Crippen molar-refractivity contribution >= 4 is 34.7 Å². The number of carbonyl (C=O) groups excluding carboxylic acids is 1. The van der Waals surface area contributed by atoms with Crippen LogP contribution >= 0.6 is 23.2 Å². The van der Waals surface area contributed by atoms with Crippen LogP contribution in [0.5, 0.6) is 0 Å². The molecule has 0 radical (unpaired) electrons. The summed E-state index contributed by atoms with van der Waals surface area (Å²) in [5.74, 6) is -0.387. The summed E-state index contributed by atoms with van der Waals surface area (Å²) in [7, 11) is 0. The molecule has 1 amide bonds. The number of rotatable bonds is 1. The van der Waals surface area contributed by atoms with Crippen molar-refractivity contribution in [3.05, 3.63) is 39.1 Å². The van der Waals surface area contributed by atoms with Gasteiger partial charge >= 0.3 is 0 Å². The van der Waals surface area contributed by atoms with Crippen LogP contribution in [-0.2, 0) is 4.79 Å². The van der Waals surface area contributed by atoms with E-state index in [1.807, 2.05) is 0 Å². The normalized spacial score (nSPS) is 28.4. The lowest BCUT2D eigenvalue weighted by Gasteiger charge is -2.35. The van der Waals surface area contributed by atoms with Crippen LogP contribution in [0.4, 0.5) is 0 Å². The van der Waals surface area contributed by atoms with Gasteiger partial charge in [0.2, 0.25) is 0 Å². The first-order chi connectivity index (χ1) is 10.3. The number of hydrogen-bond acceptors (Lipinski definition) is 3. The summed E-state index contributed by atoms with van der Waals surface area (Å²) in [5.41, 5.74) is 0.535. The van der Waals surface area contributed by atoms with Gasteiger partial charge in [-0.15, -0.1) is 0 Å². The molecule has 1 aromatic carbocycles. The lowest BCUT2D eigenvalue weighted by molar-refractivity contribution is -0.116. The summed E-state index contributed by atoms with van der Waals surface area (Å²) in [4.78, 5) is 12.5. The topological polar surface area (TPSA) is 69.6 Å². The third-order valence-corrected chi connectivity index (χ3v) is 5.01. The predicted molar refractivity (Wildman–Crippen MR) is 86.1 cm³/mol. The lowest BCUT2D eigenvalue weighted by atomic mass is 9.79. The van der Waals surface area contributed by atoms with Crippen molar-refractivity contribution in [2.24, 2.45) is 0 Å². The molecule has 3 N–H and O–H groups in total. The zero-order valence-corrected chi connectivity index (χ0v) is 13.6. The van der Waals surface area contributed by atoms with E-state index in [1.54, 1.807) is 19.1 Å². The molecule has 4 nitrogen and oxygen atoms in total. The summed E-state index contributed by atoms with van der Waals surface area (Å²) in [6.45, 7) is 1.79. The summed E-state index contributed by atoms with van der Waals surface area (Å²) >= 11 is 12.2. The minimum Gasteiger partial charge on any atom is -0.509 e. The zero-order valence-electron chi connectivity index (χ0n) is 12.1. The van der Waals surface area contributed by atoms with E-state index < -0.39 is 11.6 Å². The average molecular weight is 342 g/mol. The maximum Gasteiger partial charge on any atom is 0.256 e. The maximum atomic E-state index is 12.5. The summed E-state index contributed by atoms with van der Waals surface area (Å²) in [5, 5.41) is 24.3. The van der Waals surface area contributed by atoms with Crippen molar-refractivity contribution in [2.45, 2.75) is 44.2 Å². The lowest BCUT2D eigenvalue weighted by Crippen LogP contribution is -2.49. The van der Waals surface area contributed by atoms with Gasteiger partial charge in [-0.25, -0.2) is 0 Å². The number of benzene rings is 1. The molecule has 0 saturated heterocycles. The fourth-order valence-corrected chi connectivity index (χ4v) is 4.20. The molecule has 118 valence electrons. The van der Waals surface area contributed by atoms with Gasteiger partial charge in [-0.3, -0.25) is 4.79 Å². The molecule has 22 heavy (non-hydrogen) atoms. The Morgan fingerprint density at radius 3 is 2.73 bits per heavy atom. The molecule has 2 atom stereocenters. The van der Waals surface area contributed by atoms with E-state index in [4.69, 9.17) is 23.2 Å². The number of halogens is 2. The molecule has 1 spiro atoms. The van der Waals surface area contributed by atoms with Crippen molar-refractivity contribution in [3.63, 3.8) is 0 Å². The highest BCUT2D eigenvalue weighted by Crippen LogP contribution is 2.43. The van der Waals surface area contributed by atoms with Crippen LogP contribution in [0.3, 0.4) is 0 Å². The summed E-state index contributed by atoms with van der Waals surface area (Å²) < 4.78 is 0. The predicted octanol–water partition coefficient (Wildman–Crippen LogP) is 3.37. The molecular formula is C16H17Cl2NO3. The van der Waals surface area contributed by atoms with Crippen LogP contribution in [0.1, 0.15) is 36.8 Å². The second-order valence-corrected chi connectivity index (χ2v) is 6.93. The van der Waals surface area contributed by atoms with E-state index in [-0.39, 0.29) is 17.2 Å². The Morgan fingerprint density at radius 2 is 2.09 bits per heavy atom. The number of hydrogen-bond donors (Lipinski definition) is 3. The Kier molecular flexibility index (Phi) is 3.87. The van der Waals surface area contributed by atoms with Crippen molar-refractivity contribution in [1.29, 1.82) is 0 Å². The maximum absolute atomic E-state index is 12.5. The van der Waals surface area contributed by atoms with Gasteiger partial charge in [-0.2, -0.15) is 0 Å². The number of aliphatic hydroxyl groups excluding tert-OH is 2. The second-order valence-electron chi connectivity index (χ2n) is 6.09. The molecule has 3 rings (SSSR count). The van der Waals surface area contributed by atoms with Gasteiger partial charge < -0.3 is 15.5 Å². The Morgan fingerprint density at radius 1 is 1.36 bits per heavy atom. The van der Waals surface area contributed by atoms with Gasteiger partial charge in [0.1, 0.15) is 11.3 Å². The van der Waals surface area contributed by atoms with Crippen LogP contribution in [0, 0.1) is 6.92 Å². The molecule has 1 saturated carbocycles. The molecule has 2 unspecified atom stereocenters. The Labute approximate surface area is 138 Å².